The normalized spacial score (nSPS) is 12.6. The molecule has 4 rings (SSSR count). The molecule has 35 heavy (non-hydrogen) atoms. The van der Waals surface area contributed by atoms with Gasteiger partial charge in [0.1, 0.15) is 18.7 Å². The van der Waals surface area contributed by atoms with Gasteiger partial charge in [-0.2, -0.15) is 5.26 Å². The molecule has 9 heteroatoms. The summed E-state index contributed by atoms with van der Waals surface area (Å²) >= 11 is 5.98. The standard InChI is InChI=1S/C26H20ClN3O5/c27-22-11-16(10-9-15(22)13-28)29-25(33)23(12-24(31)32)30-26(34)35-14-21-19-7-3-1-5-17(19)18-6-2-4-8-20(18)21/h1-11,21,23H,12,14H2,(H,29,33)(H,30,34)(H,31,32). The van der Waals surface area contributed by atoms with E-state index in [9.17, 15) is 19.5 Å². The van der Waals surface area contributed by atoms with Crippen molar-refractivity contribution in [1.29, 1.82) is 5.26 Å². The van der Waals surface area contributed by atoms with Crippen molar-refractivity contribution in [1.82, 2.24) is 5.32 Å². The minimum atomic E-state index is -1.39. The number of carbonyl (C=O) groups excluding carboxylic acids is 2. The highest BCUT2D eigenvalue weighted by Crippen LogP contribution is 2.44. The van der Waals surface area contributed by atoms with Crippen molar-refractivity contribution in [2.45, 2.75) is 18.4 Å². The number of hydrogen-bond donors (Lipinski definition) is 3. The zero-order valence-corrected chi connectivity index (χ0v) is 19.1. The van der Waals surface area contributed by atoms with Gasteiger partial charge in [0.25, 0.3) is 0 Å². The third-order valence-electron chi connectivity index (χ3n) is 5.69. The fourth-order valence-electron chi connectivity index (χ4n) is 4.08. The summed E-state index contributed by atoms with van der Waals surface area (Å²) in [5, 5.41) is 23.2. The molecule has 2 amide bonds. The molecule has 3 aromatic carbocycles. The Balaban J connectivity index is 1.43. The summed E-state index contributed by atoms with van der Waals surface area (Å²) in [5.74, 6) is -2.22. The number of ether oxygens (including phenoxy) is 1. The molecule has 1 aliphatic carbocycles. The first-order valence-electron chi connectivity index (χ1n) is 10.7. The summed E-state index contributed by atoms with van der Waals surface area (Å²) in [6, 6.07) is 20.5. The van der Waals surface area contributed by atoms with E-state index >= 15 is 0 Å². The molecule has 1 atom stereocenters. The second kappa shape index (κ2) is 10.3. The Morgan fingerprint density at radius 3 is 2.23 bits per heavy atom. The van der Waals surface area contributed by atoms with Gasteiger partial charge >= 0.3 is 12.1 Å². The van der Waals surface area contributed by atoms with Crippen molar-refractivity contribution in [2.75, 3.05) is 11.9 Å². The summed E-state index contributed by atoms with van der Waals surface area (Å²) in [4.78, 5) is 36.5. The quantitative estimate of drug-likeness (QED) is 0.447. The van der Waals surface area contributed by atoms with Crippen molar-refractivity contribution in [2.24, 2.45) is 0 Å². The van der Waals surface area contributed by atoms with Gasteiger partial charge < -0.3 is 20.5 Å². The molecular formula is C26H20ClN3O5. The average molecular weight is 490 g/mol. The molecule has 1 unspecified atom stereocenters. The van der Waals surface area contributed by atoms with Crippen molar-refractivity contribution < 1.29 is 24.2 Å². The van der Waals surface area contributed by atoms with E-state index in [2.05, 4.69) is 10.6 Å². The summed E-state index contributed by atoms with van der Waals surface area (Å²) in [5.41, 5.74) is 4.67. The lowest BCUT2D eigenvalue weighted by atomic mass is 9.98. The van der Waals surface area contributed by atoms with Gasteiger partial charge in [-0.25, -0.2) is 4.79 Å². The third-order valence-corrected chi connectivity index (χ3v) is 6.00. The van der Waals surface area contributed by atoms with Gasteiger partial charge in [-0.3, -0.25) is 9.59 Å². The second-order valence-corrected chi connectivity index (χ2v) is 8.32. The van der Waals surface area contributed by atoms with Crippen LogP contribution in [0.3, 0.4) is 0 Å². The largest absolute Gasteiger partial charge is 0.481 e. The van der Waals surface area contributed by atoms with E-state index in [1.807, 2.05) is 54.6 Å². The van der Waals surface area contributed by atoms with Crippen LogP contribution in [0.1, 0.15) is 29.0 Å². The molecule has 0 radical (unpaired) electrons. The molecular weight excluding hydrogens is 470 g/mol. The van der Waals surface area contributed by atoms with Crippen LogP contribution in [-0.2, 0) is 14.3 Å². The number of amides is 2. The third kappa shape index (κ3) is 5.26. The molecule has 0 aromatic heterocycles. The van der Waals surface area contributed by atoms with Crippen LogP contribution < -0.4 is 10.6 Å². The number of nitrogens with one attached hydrogen (secondary N) is 2. The molecule has 8 nitrogen and oxygen atoms in total. The highest BCUT2D eigenvalue weighted by molar-refractivity contribution is 6.32. The van der Waals surface area contributed by atoms with Gasteiger partial charge in [-0.15, -0.1) is 0 Å². The van der Waals surface area contributed by atoms with Crippen LogP contribution in [0.15, 0.2) is 66.7 Å². The highest BCUT2D eigenvalue weighted by Gasteiger charge is 2.30. The maximum atomic E-state index is 12.7. The molecule has 0 saturated heterocycles. The van der Waals surface area contributed by atoms with Gasteiger partial charge in [-0.1, -0.05) is 60.1 Å². The Morgan fingerprint density at radius 1 is 1.03 bits per heavy atom. The Bertz CT molecular complexity index is 1310. The lowest BCUT2D eigenvalue weighted by Gasteiger charge is -2.19. The molecule has 0 bridgehead atoms. The summed E-state index contributed by atoms with van der Waals surface area (Å²) < 4.78 is 5.42. The van der Waals surface area contributed by atoms with E-state index in [4.69, 9.17) is 21.6 Å². The Morgan fingerprint density at radius 2 is 1.66 bits per heavy atom. The first kappa shape index (κ1) is 23.8. The number of aliphatic carboxylic acids is 1. The number of alkyl carbamates (subject to hydrolysis) is 1. The minimum absolute atomic E-state index is 0.0203. The Kier molecular flexibility index (Phi) is 6.99. The van der Waals surface area contributed by atoms with Crippen LogP contribution in [-0.4, -0.2) is 35.7 Å². The molecule has 3 aromatic rings. The first-order chi connectivity index (χ1) is 16.9. The van der Waals surface area contributed by atoms with Crippen molar-refractivity contribution >= 4 is 35.3 Å². The lowest BCUT2D eigenvalue weighted by Crippen LogP contribution is -2.45. The van der Waals surface area contributed by atoms with Crippen molar-refractivity contribution in [3.05, 3.63) is 88.4 Å². The molecule has 0 heterocycles. The fraction of sp³-hybridized carbons (Fsp3) is 0.154. The smallest absolute Gasteiger partial charge is 0.407 e. The maximum absolute atomic E-state index is 12.7. The molecule has 3 N–H and O–H groups in total. The van der Waals surface area contributed by atoms with Gasteiger partial charge in [0.05, 0.1) is 17.0 Å². The van der Waals surface area contributed by atoms with Crippen LogP contribution in [0.25, 0.3) is 11.1 Å². The number of halogens is 1. The SMILES string of the molecule is N#Cc1ccc(NC(=O)C(CC(=O)O)NC(=O)OCC2c3ccccc3-c3ccccc32)cc1Cl. The Labute approximate surface area is 206 Å². The van der Waals surface area contributed by atoms with Gasteiger partial charge in [-0.05, 0) is 40.5 Å². The van der Waals surface area contributed by atoms with E-state index < -0.39 is 30.4 Å². The van der Waals surface area contributed by atoms with Crippen LogP contribution >= 0.6 is 11.6 Å². The maximum Gasteiger partial charge on any atom is 0.407 e. The Hall–Kier alpha value is -4.35. The van der Waals surface area contributed by atoms with Gasteiger partial charge in [0.2, 0.25) is 5.91 Å². The van der Waals surface area contributed by atoms with Gasteiger partial charge in [0, 0.05) is 11.6 Å². The van der Waals surface area contributed by atoms with Crippen molar-refractivity contribution in [3.63, 3.8) is 0 Å². The number of carboxylic acid groups (broad SMARTS) is 1. The number of nitriles is 1. The van der Waals surface area contributed by atoms with E-state index in [0.29, 0.717) is 0 Å². The number of rotatable bonds is 7. The molecule has 0 saturated carbocycles. The summed E-state index contributed by atoms with van der Waals surface area (Å²) in [6.45, 7) is 0.0203. The second-order valence-electron chi connectivity index (χ2n) is 7.92. The van der Waals surface area contributed by atoms with E-state index in [-0.39, 0.29) is 28.8 Å². The molecule has 0 fully saturated rings. The number of carbonyl (C=O) groups is 3. The van der Waals surface area contributed by atoms with Crippen LogP contribution in [0.5, 0.6) is 0 Å². The number of carboxylic acids is 1. The average Bonchev–Trinajstić information content (AvgIpc) is 3.16. The first-order valence-corrected chi connectivity index (χ1v) is 11.1. The summed E-state index contributed by atoms with van der Waals surface area (Å²) in [6.07, 6.45) is -1.56. The number of nitrogens with zero attached hydrogens (tertiary/aromatic N) is 1. The topological polar surface area (TPSA) is 129 Å². The predicted molar refractivity (Wildman–Crippen MR) is 129 cm³/mol. The number of fused-ring (bicyclic) bond motifs is 3. The minimum Gasteiger partial charge on any atom is -0.481 e. The molecule has 176 valence electrons. The fourth-order valence-corrected chi connectivity index (χ4v) is 4.30. The number of benzene rings is 3. The lowest BCUT2D eigenvalue weighted by molar-refractivity contribution is -0.139. The van der Waals surface area contributed by atoms with Crippen LogP contribution in [0.2, 0.25) is 5.02 Å². The van der Waals surface area contributed by atoms with E-state index in [1.54, 1.807) is 0 Å². The molecule has 1 aliphatic rings. The predicted octanol–water partition coefficient (Wildman–Crippen LogP) is 4.53. The van der Waals surface area contributed by atoms with Crippen LogP contribution in [0.4, 0.5) is 10.5 Å². The summed E-state index contributed by atoms with van der Waals surface area (Å²) in [7, 11) is 0. The van der Waals surface area contributed by atoms with Gasteiger partial charge in [0.15, 0.2) is 0 Å². The van der Waals surface area contributed by atoms with E-state index in [0.717, 1.165) is 22.3 Å². The molecule has 0 aliphatic heterocycles. The van der Waals surface area contributed by atoms with Crippen LogP contribution in [0, 0.1) is 11.3 Å². The zero-order valence-electron chi connectivity index (χ0n) is 18.3. The zero-order chi connectivity index (χ0) is 24.9. The monoisotopic (exact) mass is 489 g/mol. The molecule has 0 spiro atoms. The number of anilines is 1. The van der Waals surface area contributed by atoms with Crippen molar-refractivity contribution in [3.8, 4) is 17.2 Å². The highest BCUT2D eigenvalue weighted by atomic mass is 35.5. The van der Waals surface area contributed by atoms with E-state index in [1.165, 1.54) is 18.2 Å². The number of hydrogen-bond acceptors (Lipinski definition) is 5.